The predicted octanol–water partition coefficient (Wildman–Crippen LogP) is 2.98. The molecule has 0 atom stereocenters. The van der Waals surface area contributed by atoms with Crippen LogP contribution in [-0.4, -0.2) is 41.9 Å². The molecule has 1 aromatic carbocycles. The molecule has 1 fully saturated rings. The highest BCUT2D eigenvalue weighted by Gasteiger charge is 2.51. The van der Waals surface area contributed by atoms with Gasteiger partial charge in [-0.05, 0) is 48.7 Å². The van der Waals surface area contributed by atoms with Crippen LogP contribution in [0.15, 0.2) is 41.0 Å². The number of nitrogens with zero attached hydrogens (tertiary/aromatic N) is 2. The number of carbonyl (C=O) groups excluding carboxylic acids is 2. The van der Waals surface area contributed by atoms with E-state index in [1.54, 1.807) is 23.2 Å². The van der Waals surface area contributed by atoms with Crippen molar-refractivity contribution in [1.82, 2.24) is 9.88 Å². The maximum absolute atomic E-state index is 12.8. The van der Waals surface area contributed by atoms with E-state index >= 15 is 0 Å². The van der Waals surface area contributed by atoms with E-state index in [0.29, 0.717) is 23.7 Å². The largest absolute Gasteiger partial charge is 0.493 e. The van der Waals surface area contributed by atoms with Crippen LogP contribution in [0.1, 0.15) is 28.8 Å². The van der Waals surface area contributed by atoms with Gasteiger partial charge in [-0.15, -0.1) is 0 Å². The third kappa shape index (κ3) is 2.96. The number of anilines is 1. The van der Waals surface area contributed by atoms with Crippen LogP contribution in [0, 0.1) is 0 Å². The number of pyridine rings is 1. The van der Waals surface area contributed by atoms with Crippen LogP contribution in [0.5, 0.6) is 5.75 Å². The van der Waals surface area contributed by atoms with Crippen molar-refractivity contribution >= 4 is 33.6 Å². The van der Waals surface area contributed by atoms with Crippen LogP contribution in [0.2, 0.25) is 0 Å². The Labute approximate surface area is 159 Å². The van der Waals surface area contributed by atoms with E-state index in [1.807, 2.05) is 18.2 Å². The minimum atomic E-state index is -0.285. The molecule has 2 aromatic rings. The molecule has 134 valence electrons. The molecular weight excluding hydrogens is 398 g/mol. The first-order valence-electron chi connectivity index (χ1n) is 8.41. The van der Waals surface area contributed by atoms with Crippen LogP contribution in [0.3, 0.4) is 0 Å². The van der Waals surface area contributed by atoms with Gasteiger partial charge < -0.3 is 15.0 Å². The molecule has 1 N–H and O–H groups in total. The van der Waals surface area contributed by atoms with E-state index in [-0.39, 0.29) is 23.8 Å². The maximum atomic E-state index is 12.8. The summed E-state index contributed by atoms with van der Waals surface area (Å²) in [5, 5.41) is 2.73. The van der Waals surface area contributed by atoms with Crippen LogP contribution < -0.4 is 10.1 Å². The third-order valence-corrected chi connectivity index (χ3v) is 5.49. The first kappa shape index (κ1) is 17.0. The van der Waals surface area contributed by atoms with Gasteiger partial charge in [0.1, 0.15) is 6.54 Å². The minimum Gasteiger partial charge on any atom is -0.493 e. The number of aromatic nitrogens is 1. The lowest BCUT2D eigenvalue weighted by atomic mass is 9.86. The number of ether oxygens (including phenoxy) is 1. The second kappa shape index (κ2) is 6.39. The monoisotopic (exact) mass is 415 g/mol. The highest BCUT2D eigenvalue weighted by Crippen LogP contribution is 2.52. The summed E-state index contributed by atoms with van der Waals surface area (Å²) in [6, 6.07) is 9.20. The molecule has 0 saturated heterocycles. The molecule has 6 nitrogen and oxygen atoms in total. The lowest BCUT2D eigenvalue weighted by Gasteiger charge is -2.34. The zero-order valence-corrected chi connectivity index (χ0v) is 15.9. The molecule has 2 heterocycles. The number of halogens is 1. The van der Waals surface area contributed by atoms with Crippen molar-refractivity contribution in [3.8, 4) is 5.75 Å². The van der Waals surface area contributed by atoms with Crippen molar-refractivity contribution in [2.24, 2.45) is 0 Å². The highest BCUT2D eigenvalue weighted by atomic mass is 79.9. The average Bonchev–Trinajstić information content (AvgIpc) is 3.40. The summed E-state index contributed by atoms with van der Waals surface area (Å²) in [5.41, 5.74) is 1.79. The number of benzene rings is 1. The van der Waals surface area contributed by atoms with Gasteiger partial charge >= 0.3 is 0 Å². The topological polar surface area (TPSA) is 71.5 Å². The van der Waals surface area contributed by atoms with Gasteiger partial charge in [-0.3, -0.25) is 9.59 Å². The molecule has 0 radical (unpaired) electrons. The van der Waals surface area contributed by atoms with E-state index in [2.05, 4.69) is 26.2 Å². The SMILES string of the molecule is COc1cccnc1NC(=O)CN1CC2(CC2)c2cc(Br)ccc2C1=O. The summed E-state index contributed by atoms with van der Waals surface area (Å²) in [6.07, 6.45) is 3.66. The van der Waals surface area contributed by atoms with E-state index in [4.69, 9.17) is 4.74 Å². The summed E-state index contributed by atoms with van der Waals surface area (Å²) >= 11 is 3.49. The van der Waals surface area contributed by atoms with Gasteiger partial charge in [0.2, 0.25) is 5.91 Å². The van der Waals surface area contributed by atoms with E-state index in [1.165, 1.54) is 7.11 Å². The zero-order chi connectivity index (χ0) is 18.3. The molecule has 0 bridgehead atoms. The number of hydrogen-bond donors (Lipinski definition) is 1. The second-order valence-electron chi connectivity index (χ2n) is 6.73. The van der Waals surface area contributed by atoms with Crippen molar-refractivity contribution in [1.29, 1.82) is 0 Å². The van der Waals surface area contributed by atoms with E-state index in [0.717, 1.165) is 22.9 Å². The fourth-order valence-corrected chi connectivity index (χ4v) is 3.90. The number of amides is 2. The van der Waals surface area contributed by atoms with Crippen molar-refractivity contribution in [2.75, 3.05) is 25.5 Å². The number of carbonyl (C=O) groups is 2. The molecule has 1 aliphatic carbocycles. The molecule has 2 amide bonds. The van der Waals surface area contributed by atoms with Crippen LogP contribution in [0.25, 0.3) is 0 Å². The first-order valence-corrected chi connectivity index (χ1v) is 9.20. The summed E-state index contributed by atoms with van der Waals surface area (Å²) < 4.78 is 6.17. The van der Waals surface area contributed by atoms with Gasteiger partial charge in [0.05, 0.1) is 7.11 Å². The summed E-state index contributed by atoms with van der Waals surface area (Å²) in [6.45, 7) is 0.567. The first-order chi connectivity index (χ1) is 12.5. The van der Waals surface area contributed by atoms with Crippen molar-refractivity contribution < 1.29 is 14.3 Å². The number of hydrogen-bond acceptors (Lipinski definition) is 4. The number of nitrogens with one attached hydrogen (secondary N) is 1. The summed E-state index contributed by atoms with van der Waals surface area (Å²) in [4.78, 5) is 31.1. The fraction of sp³-hybridized carbons (Fsp3) is 0.316. The Hall–Kier alpha value is -2.41. The van der Waals surface area contributed by atoms with Gasteiger partial charge in [0, 0.05) is 28.2 Å². The molecule has 7 heteroatoms. The number of rotatable bonds is 4. The Bertz CT molecular complexity index is 895. The molecule has 0 unspecified atom stereocenters. The maximum Gasteiger partial charge on any atom is 0.254 e. The van der Waals surface area contributed by atoms with Crippen LogP contribution in [0.4, 0.5) is 5.82 Å². The second-order valence-corrected chi connectivity index (χ2v) is 7.65. The van der Waals surface area contributed by atoms with Crippen molar-refractivity contribution in [2.45, 2.75) is 18.3 Å². The Balaban J connectivity index is 1.53. The van der Waals surface area contributed by atoms with Crippen molar-refractivity contribution in [3.63, 3.8) is 0 Å². The smallest absolute Gasteiger partial charge is 0.254 e. The standard InChI is InChI=1S/C19H18BrN3O3/c1-26-15-3-2-8-21-17(15)22-16(24)10-23-11-19(6-7-19)14-9-12(20)4-5-13(14)18(23)25/h2-5,8-9H,6-7,10-11H2,1H3,(H,21,22,24). The predicted molar refractivity (Wildman–Crippen MR) is 100 cm³/mol. The lowest BCUT2D eigenvalue weighted by Crippen LogP contribution is -2.46. The Morgan fingerprint density at radius 1 is 1.38 bits per heavy atom. The van der Waals surface area contributed by atoms with Gasteiger partial charge in [-0.1, -0.05) is 15.9 Å². The molecule has 1 spiro atoms. The van der Waals surface area contributed by atoms with E-state index < -0.39 is 0 Å². The normalized spacial score (nSPS) is 17.0. The van der Waals surface area contributed by atoms with Gasteiger partial charge in [0.25, 0.3) is 5.91 Å². The Morgan fingerprint density at radius 3 is 2.92 bits per heavy atom. The molecule has 26 heavy (non-hydrogen) atoms. The van der Waals surface area contributed by atoms with Crippen LogP contribution in [-0.2, 0) is 10.2 Å². The van der Waals surface area contributed by atoms with Gasteiger partial charge in [0.15, 0.2) is 11.6 Å². The molecule has 1 aromatic heterocycles. The zero-order valence-electron chi connectivity index (χ0n) is 14.3. The molecular formula is C19H18BrN3O3. The fourth-order valence-electron chi connectivity index (χ4n) is 3.53. The average molecular weight is 416 g/mol. The number of fused-ring (bicyclic) bond motifs is 2. The summed E-state index contributed by atoms with van der Waals surface area (Å²) in [7, 11) is 1.52. The molecule has 1 aliphatic heterocycles. The quantitative estimate of drug-likeness (QED) is 0.832. The molecule has 4 rings (SSSR count). The molecule has 1 saturated carbocycles. The number of methoxy groups -OCH3 is 1. The lowest BCUT2D eigenvalue weighted by molar-refractivity contribution is -0.117. The third-order valence-electron chi connectivity index (χ3n) is 5.00. The van der Waals surface area contributed by atoms with Crippen LogP contribution >= 0.6 is 15.9 Å². The Morgan fingerprint density at radius 2 is 2.19 bits per heavy atom. The molecule has 2 aliphatic rings. The minimum absolute atomic E-state index is 0.00398. The highest BCUT2D eigenvalue weighted by molar-refractivity contribution is 9.10. The Kier molecular flexibility index (Phi) is 4.19. The van der Waals surface area contributed by atoms with Gasteiger partial charge in [-0.25, -0.2) is 4.98 Å². The van der Waals surface area contributed by atoms with Gasteiger partial charge in [-0.2, -0.15) is 0 Å². The van der Waals surface area contributed by atoms with Crippen molar-refractivity contribution in [3.05, 3.63) is 52.1 Å². The summed E-state index contributed by atoms with van der Waals surface area (Å²) in [5.74, 6) is 0.453. The van der Waals surface area contributed by atoms with E-state index in [9.17, 15) is 9.59 Å².